The Labute approximate surface area is 114 Å². The molecule has 0 N–H and O–H groups in total. The van der Waals surface area contributed by atoms with Crippen molar-refractivity contribution >= 4 is 22.4 Å². The first-order valence-electron chi connectivity index (χ1n) is 7.01. The fourth-order valence-corrected chi connectivity index (χ4v) is 2.75. The molecule has 0 bridgehead atoms. The van der Waals surface area contributed by atoms with Crippen LogP contribution in [0, 0.1) is 11.8 Å². The molecular weight excluding hydrogens is 234 g/mol. The molecular formula is C17H19NO. The normalized spacial score (nSPS) is 21.4. The molecule has 1 amide bonds. The second kappa shape index (κ2) is 4.69. The summed E-state index contributed by atoms with van der Waals surface area (Å²) in [5, 5.41) is 2.35. The van der Waals surface area contributed by atoms with Gasteiger partial charge < -0.3 is 4.90 Å². The van der Waals surface area contributed by atoms with Crippen LogP contribution in [0.4, 0.5) is 5.69 Å². The standard InChI is InChI=1S/C17H19NO/c1-3-18(17(19)15-11-12(15)2)16-10-6-8-13-7-4-5-9-14(13)16/h4-10,12,15H,3,11H2,1-2H3. The molecule has 0 saturated heterocycles. The summed E-state index contributed by atoms with van der Waals surface area (Å²) < 4.78 is 0. The van der Waals surface area contributed by atoms with E-state index in [0.717, 1.165) is 24.0 Å². The third kappa shape index (κ3) is 2.12. The summed E-state index contributed by atoms with van der Waals surface area (Å²) >= 11 is 0. The summed E-state index contributed by atoms with van der Waals surface area (Å²) in [5.74, 6) is 1.07. The molecule has 0 heterocycles. The highest BCUT2D eigenvalue weighted by Gasteiger charge is 2.41. The van der Waals surface area contributed by atoms with Crippen LogP contribution in [0.5, 0.6) is 0 Å². The number of amides is 1. The number of nitrogens with zero attached hydrogens (tertiary/aromatic N) is 1. The predicted molar refractivity (Wildman–Crippen MR) is 79.2 cm³/mol. The lowest BCUT2D eigenvalue weighted by Crippen LogP contribution is -2.32. The van der Waals surface area contributed by atoms with Crippen molar-refractivity contribution in [1.29, 1.82) is 0 Å². The third-order valence-corrected chi connectivity index (χ3v) is 4.07. The monoisotopic (exact) mass is 253 g/mol. The average molecular weight is 253 g/mol. The molecule has 0 aromatic heterocycles. The largest absolute Gasteiger partial charge is 0.312 e. The van der Waals surface area contributed by atoms with Crippen molar-refractivity contribution in [1.82, 2.24) is 0 Å². The number of carbonyl (C=O) groups is 1. The lowest BCUT2D eigenvalue weighted by Gasteiger charge is -2.23. The molecule has 3 rings (SSSR count). The first-order valence-corrected chi connectivity index (χ1v) is 7.01. The molecule has 2 heteroatoms. The van der Waals surface area contributed by atoms with E-state index in [-0.39, 0.29) is 11.8 Å². The minimum Gasteiger partial charge on any atom is -0.312 e. The average Bonchev–Trinajstić information content (AvgIpc) is 3.17. The van der Waals surface area contributed by atoms with Gasteiger partial charge >= 0.3 is 0 Å². The summed E-state index contributed by atoms with van der Waals surface area (Å²) in [4.78, 5) is 14.5. The molecule has 0 aliphatic heterocycles. The smallest absolute Gasteiger partial charge is 0.230 e. The number of hydrogen-bond acceptors (Lipinski definition) is 1. The van der Waals surface area contributed by atoms with Crippen LogP contribution in [0.3, 0.4) is 0 Å². The first-order chi connectivity index (χ1) is 9.22. The SMILES string of the molecule is CCN(C(=O)C1CC1C)c1cccc2ccccc12. The Morgan fingerprint density at radius 1 is 1.21 bits per heavy atom. The Hall–Kier alpha value is -1.83. The number of anilines is 1. The van der Waals surface area contributed by atoms with Crippen molar-refractivity contribution in [2.75, 3.05) is 11.4 Å². The van der Waals surface area contributed by atoms with Crippen molar-refractivity contribution in [3.8, 4) is 0 Å². The van der Waals surface area contributed by atoms with E-state index in [4.69, 9.17) is 0 Å². The molecule has 2 aromatic rings. The third-order valence-electron chi connectivity index (χ3n) is 4.07. The number of benzene rings is 2. The van der Waals surface area contributed by atoms with Gasteiger partial charge in [-0.25, -0.2) is 0 Å². The minimum atomic E-state index is 0.235. The zero-order chi connectivity index (χ0) is 13.4. The molecule has 1 fully saturated rings. The maximum atomic E-state index is 12.5. The quantitative estimate of drug-likeness (QED) is 0.813. The molecule has 0 spiro atoms. The number of fused-ring (bicyclic) bond motifs is 1. The van der Waals surface area contributed by atoms with E-state index in [9.17, 15) is 4.79 Å². The second-order valence-corrected chi connectivity index (χ2v) is 5.40. The first kappa shape index (κ1) is 12.2. The Kier molecular flexibility index (Phi) is 3.02. The predicted octanol–water partition coefficient (Wildman–Crippen LogP) is 3.85. The summed E-state index contributed by atoms with van der Waals surface area (Å²) in [5.41, 5.74) is 1.05. The van der Waals surface area contributed by atoms with E-state index >= 15 is 0 Å². The summed E-state index contributed by atoms with van der Waals surface area (Å²) in [6.07, 6.45) is 1.04. The molecule has 1 aliphatic rings. The van der Waals surface area contributed by atoms with Gasteiger partial charge in [-0.1, -0.05) is 43.3 Å². The van der Waals surface area contributed by atoms with Gasteiger partial charge in [-0.3, -0.25) is 4.79 Å². The molecule has 2 unspecified atom stereocenters. The van der Waals surface area contributed by atoms with Crippen LogP contribution in [-0.4, -0.2) is 12.5 Å². The van der Waals surface area contributed by atoms with Gasteiger partial charge in [-0.15, -0.1) is 0 Å². The Bertz CT molecular complexity index is 614. The van der Waals surface area contributed by atoms with Gasteiger partial charge in [0.25, 0.3) is 0 Å². The molecule has 1 saturated carbocycles. The number of hydrogen-bond donors (Lipinski definition) is 0. The van der Waals surface area contributed by atoms with Crippen LogP contribution >= 0.6 is 0 Å². The topological polar surface area (TPSA) is 20.3 Å². The Morgan fingerprint density at radius 2 is 1.89 bits per heavy atom. The molecule has 1 aliphatic carbocycles. The molecule has 0 radical (unpaired) electrons. The number of carbonyl (C=O) groups excluding carboxylic acids is 1. The van der Waals surface area contributed by atoms with Crippen LogP contribution in [0.15, 0.2) is 42.5 Å². The van der Waals surface area contributed by atoms with E-state index in [1.54, 1.807) is 0 Å². The van der Waals surface area contributed by atoms with E-state index < -0.39 is 0 Å². The second-order valence-electron chi connectivity index (χ2n) is 5.40. The zero-order valence-corrected chi connectivity index (χ0v) is 11.5. The van der Waals surface area contributed by atoms with Gasteiger partial charge in [0.15, 0.2) is 0 Å². The maximum absolute atomic E-state index is 12.5. The van der Waals surface area contributed by atoms with E-state index in [1.807, 2.05) is 30.0 Å². The maximum Gasteiger partial charge on any atom is 0.230 e. The van der Waals surface area contributed by atoms with Crippen LogP contribution in [0.2, 0.25) is 0 Å². The van der Waals surface area contributed by atoms with Crippen molar-refractivity contribution in [3.63, 3.8) is 0 Å². The Balaban J connectivity index is 2.04. The van der Waals surface area contributed by atoms with Crippen molar-refractivity contribution in [2.24, 2.45) is 11.8 Å². The van der Waals surface area contributed by atoms with Crippen LogP contribution < -0.4 is 4.90 Å². The van der Waals surface area contributed by atoms with Gasteiger partial charge in [0.1, 0.15) is 0 Å². The van der Waals surface area contributed by atoms with Crippen LogP contribution in [-0.2, 0) is 4.79 Å². The molecule has 2 aromatic carbocycles. The minimum absolute atomic E-state index is 0.235. The lowest BCUT2D eigenvalue weighted by molar-refractivity contribution is -0.120. The highest BCUT2D eigenvalue weighted by molar-refractivity contribution is 6.05. The van der Waals surface area contributed by atoms with Crippen LogP contribution in [0.1, 0.15) is 20.3 Å². The Morgan fingerprint density at radius 3 is 2.58 bits per heavy atom. The van der Waals surface area contributed by atoms with Gasteiger partial charge in [0, 0.05) is 17.8 Å². The summed E-state index contributed by atoms with van der Waals surface area (Å²) in [7, 11) is 0. The van der Waals surface area contributed by atoms with Crippen LogP contribution in [0.25, 0.3) is 10.8 Å². The van der Waals surface area contributed by atoms with Crippen molar-refractivity contribution < 1.29 is 4.79 Å². The van der Waals surface area contributed by atoms with Gasteiger partial charge in [-0.2, -0.15) is 0 Å². The fraction of sp³-hybridized carbons (Fsp3) is 0.353. The summed E-state index contributed by atoms with van der Waals surface area (Å²) in [6.45, 7) is 4.93. The molecule has 2 atom stereocenters. The van der Waals surface area contributed by atoms with Crippen molar-refractivity contribution in [2.45, 2.75) is 20.3 Å². The highest BCUT2D eigenvalue weighted by atomic mass is 16.2. The van der Waals surface area contributed by atoms with E-state index in [1.165, 1.54) is 5.39 Å². The van der Waals surface area contributed by atoms with Gasteiger partial charge in [-0.05, 0) is 30.7 Å². The summed E-state index contributed by atoms with van der Waals surface area (Å²) in [6, 6.07) is 14.4. The van der Waals surface area contributed by atoms with Crippen molar-refractivity contribution in [3.05, 3.63) is 42.5 Å². The zero-order valence-electron chi connectivity index (χ0n) is 11.5. The molecule has 19 heavy (non-hydrogen) atoms. The molecule has 98 valence electrons. The lowest BCUT2D eigenvalue weighted by atomic mass is 10.1. The molecule has 2 nitrogen and oxygen atoms in total. The van der Waals surface area contributed by atoms with E-state index in [0.29, 0.717) is 5.92 Å². The fourth-order valence-electron chi connectivity index (χ4n) is 2.75. The van der Waals surface area contributed by atoms with E-state index in [2.05, 4.69) is 31.2 Å². The highest BCUT2D eigenvalue weighted by Crippen LogP contribution is 2.40. The van der Waals surface area contributed by atoms with Gasteiger partial charge in [0.2, 0.25) is 5.91 Å². The van der Waals surface area contributed by atoms with Gasteiger partial charge in [0.05, 0.1) is 5.69 Å². The number of rotatable bonds is 3.